The summed E-state index contributed by atoms with van der Waals surface area (Å²) in [5.41, 5.74) is -0.187. The Bertz CT molecular complexity index is 428. The van der Waals surface area contributed by atoms with Crippen LogP contribution >= 0.6 is 0 Å². The molecule has 0 spiro atoms. The van der Waals surface area contributed by atoms with E-state index < -0.39 is 36.4 Å². The van der Waals surface area contributed by atoms with E-state index in [4.69, 9.17) is 20.4 Å². The molecular weight excluding hydrogens is 300 g/mol. The highest BCUT2D eigenvalue weighted by atomic mass is 16.4. The summed E-state index contributed by atoms with van der Waals surface area (Å²) < 4.78 is 0. The first-order valence-electron chi connectivity index (χ1n) is 5.94. The number of rotatable bonds is 7. The van der Waals surface area contributed by atoms with Crippen molar-refractivity contribution >= 4 is 23.8 Å². The summed E-state index contributed by atoms with van der Waals surface area (Å²) in [6.45, 7) is 1.80. The Morgan fingerprint density at radius 2 is 1.45 bits per heavy atom. The molecular formula is C12H20N2O8. The van der Waals surface area contributed by atoms with Gasteiger partial charge in [-0.1, -0.05) is 6.08 Å². The van der Waals surface area contributed by atoms with Crippen LogP contribution < -0.4 is 5.43 Å². The summed E-state index contributed by atoms with van der Waals surface area (Å²) in [7, 11) is 3.53. The number of hydrazine groups is 1. The maximum absolute atomic E-state index is 10.6. The van der Waals surface area contributed by atoms with Crippen molar-refractivity contribution in [3.63, 3.8) is 0 Å². The van der Waals surface area contributed by atoms with Gasteiger partial charge >= 0.3 is 17.9 Å². The lowest BCUT2D eigenvalue weighted by Crippen LogP contribution is -2.42. The van der Waals surface area contributed by atoms with E-state index >= 15 is 0 Å². The molecule has 0 radical (unpaired) electrons. The molecule has 0 rings (SSSR count). The number of allylic oxidation sites excluding steroid dienone is 1. The summed E-state index contributed by atoms with van der Waals surface area (Å²) in [5.74, 6) is -5.11. The minimum Gasteiger partial charge on any atom is -0.481 e. The smallest absolute Gasteiger partial charge is 0.336 e. The normalized spacial score (nSPS) is 10.8. The summed E-state index contributed by atoms with van der Waals surface area (Å²) in [5, 5.41) is 35.4. The molecule has 0 aromatic rings. The maximum atomic E-state index is 10.6. The molecule has 0 aromatic carbocycles. The standard InChI is InChI=1S/C6H12N2O.C6H8O7/c1-4-5-6(9)7-8(2)3;7-3(8)1-6(13,5(11)12)2-4(9)10/h4-5H,1-3H3,(H,7,9);13H,1-2H2,(H,7,8)(H,9,10)(H,11,12). The molecule has 0 fully saturated rings. The average Bonchev–Trinajstić information content (AvgIpc) is 2.26. The predicted molar refractivity (Wildman–Crippen MR) is 73.7 cm³/mol. The molecule has 0 aliphatic rings. The molecule has 0 saturated heterocycles. The molecule has 10 nitrogen and oxygen atoms in total. The van der Waals surface area contributed by atoms with Gasteiger partial charge in [-0.05, 0) is 13.0 Å². The van der Waals surface area contributed by atoms with Crippen molar-refractivity contribution in [1.82, 2.24) is 10.4 Å². The van der Waals surface area contributed by atoms with Gasteiger partial charge in [-0.15, -0.1) is 0 Å². The zero-order chi connectivity index (χ0) is 17.9. The highest BCUT2D eigenvalue weighted by molar-refractivity contribution is 5.88. The summed E-state index contributed by atoms with van der Waals surface area (Å²) in [6, 6.07) is 0. The first kappa shape index (κ1) is 21.8. The van der Waals surface area contributed by atoms with Gasteiger partial charge in [0.15, 0.2) is 5.60 Å². The van der Waals surface area contributed by atoms with Crippen molar-refractivity contribution in [1.29, 1.82) is 0 Å². The molecule has 0 aliphatic heterocycles. The van der Waals surface area contributed by atoms with Crippen molar-refractivity contribution < 1.29 is 39.6 Å². The minimum absolute atomic E-state index is 0.0949. The molecule has 10 heteroatoms. The second kappa shape index (κ2) is 10.3. The van der Waals surface area contributed by atoms with Crippen LogP contribution in [0.15, 0.2) is 12.2 Å². The van der Waals surface area contributed by atoms with Crippen molar-refractivity contribution in [3.05, 3.63) is 12.2 Å². The number of nitrogens with one attached hydrogen (secondary N) is 1. The van der Waals surface area contributed by atoms with Crippen LogP contribution in [-0.4, -0.2) is 68.9 Å². The van der Waals surface area contributed by atoms with Gasteiger partial charge in [0.05, 0.1) is 12.8 Å². The quantitative estimate of drug-likeness (QED) is 0.289. The average molecular weight is 320 g/mol. The molecule has 0 heterocycles. The van der Waals surface area contributed by atoms with Gasteiger partial charge in [-0.2, -0.15) is 0 Å². The van der Waals surface area contributed by atoms with Crippen molar-refractivity contribution in [2.45, 2.75) is 25.4 Å². The lowest BCUT2D eigenvalue weighted by atomic mass is 9.96. The largest absolute Gasteiger partial charge is 0.481 e. The van der Waals surface area contributed by atoms with E-state index in [0.717, 1.165) is 0 Å². The first-order chi connectivity index (χ1) is 9.94. The van der Waals surface area contributed by atoms with Gasteiger partial charge in [0, 0.05) is 14.1 Å². The van der Waals surface area contributed by atoms with E-state index in [9.17, 15) is 19.2 Å². The second-order valence-electron chi connectivity index (χ2n) is 4.35. The molecule has 0 atom stereocenters. The van der Waals surface area contributed by atoms with Crippen LogP contribution in [-0.2, 0) is 19.2 Å². The van der Waals surface area contributed by atoms with E-state index in [1.54, 1.807) is 32.1 Å². The topological polar surface area (TPSA) is 164 Å². The number of nitrogens with zero attached hydrogens (tertiary/aromatic N) is 1. The van der Waals surface area contributed by atoms with Crippen LogP contribution in [0.2, 0.25) is 0 Å². The zero-order valence-electron chi connectivity index (χ0n) is 12.4. The number of amides is 1. The molecule has 5 N–H and O–H groups in total. The van der Waals surface area contributed by atoms with Gasteiger partial charge < -0.3 is 20.4 Å². The zero-order valence-corrected chi connectivity index (χ0v) is 12.4. The predicted octanol–water partition coefficient (Wildman–Crippen LogP) is -1.09. The third-order valence-electron chi connectivity index (χ3n) is 1.94. The molecule has 126 valence electrons. The summed E-state index contributed by atoms with van der Waals surface area (Å²) >= 11 is 0. The number of carbonyl (C=O) groups excluding carboxylic acids is 1. The van der Waals surface area contributed by atoms with Crippen LogP contribution in [0.4, 0.5) is 0 Å². The van der Waals surface area contributed by atoms with E-state index in [-0.39, 0.29) is 5.91 Å². The van der Waals surface area contributed by atoms with Gasteiger partial charge in [0.25, 0.3) is 5.91 Å². The van der Waals surface area contributed by atoms with Crippen molar-refractivity contribution in [2.75, 3.05) is 14.1 Å². The van der Waals surface area contributed by atoms with E-state index in [0.29, 0.717) is 0 Å². The molecule has 1 amide bonds. The Labute approximate surface area is 126 Å². The SMILES string of the molecule is CC=CC(=O)NN(C)C.O=C(O)CC(O)(CC(=O)O)C(=O)O. The van der Waals surface area contributed by atoms with Gasteiger partial charge in [-0.3, -0.25) is 19.8 Å². The van der Waals surface area contributed by atoms with Crippen LogP contribution in [0.1, 0.15) is 19.8 Å². The van der Waals surface area contributed by atoms with Crippen LogP contribution in [0.3, 0.4) is 0 Å². The van der Waals surface area contributed by atoms with Gasteiger partial charge in [-0.25, -0.2) is 9.80 Å². The maximum Gasteiger partial charge on any atom is 0.336 e. The fourth-order valence-corrected chi connectivity index (χ4v) is 1.12. The number of carbonyl (C=O) groups is 4. The van der Waals surface area contributed by atoms with Gasteiger partial charge in [0.1, 0.15) is 0 Å². The Kier molecular flexibility index (Phi) is 10.2. The molecule has 0 bridgehead atoms. The number of carboxylic acids is 3. The Balaban J connectivity index is 0. The van der Waals surface area contributed by atoms with E-state index in [2.05, 4.69) is 5.43 Å². The summed E-state index contributed by atoms with van der Waals surface area (Å²) in [4.78, 5) is 41.1. The number of carboxylic acid groups (broad SMARTS) is 3. The van der Waals surface area contributed by atoms with Crippen molar-refractivity contribution in [2.24, 2.45) is 0 Å². The summed E-state index contributed by atoms with van der Waals surface area (Å²) in [6.07, 6.45) is 0.877. The van der Waals surface area contributed by atoms with Crippen LogP contribution in [0, 0.1) is 0 Å². The van der Waals surface area contributed by atoms with Crippen LogP contribution in [0.5, 0.6) is 0 Å². The number of hydrogen-bond donors (Lipinski definition) is 5. The Morgan fingerprint density at radius 3 is 1.68 bits per heavy atom. The number of hydrogen-bond acceptors (Lipinski definition) is 6. The van der Waals surface area contributed by atoms with E-state index in [1.165, 1.54) is 6.08 Å². The van der Waals surface area contributed by atoms with Crippen molar-refractivity contribution in [3.8, 4) is 0 Å². The Hall–Kier alpha value is -2.46. The minimum atomic E-state index is -2.74. The lowest BCUT2D eigenvalue weighted by Gasteiger charge is -2.18. The fraction of sp³-hybridized carbons (Fsp3) is 0.500. The first-order valence-corrected chi connectivity index (χ1v) is 5.94. The second-order valence-corrected chi connectivity index (χ2v) is 4.35. The third kappa shape index (κ3) is 11.4. The highest BCUT2D eigenvalue weighted by Crippen LogP contribution is 2.15. The molecule has 0 unspecified atom stereocenters. The Morgan fingerprint density at radius 1 is 1.05 bits per heavy atom. The third-order valence-corrected chi connectivity index (χ3v) is 1.94. The molecule has 22 heavy (non-hydrogen) atoms. The lowest BCUT2D eigenvalue weighted by molar-refractivity contribution is -0.170. The van der Waals surface area contributed by atoms with Gasteiger partial charge in [0.2, 0.25) is 0 Å². The van der Waals surface area contributed by atoms with Crippen LogP contribution in [0.25, 0.3) is 0 Å². The molecule has 0 saturated carbocycles. The fourth-order valence-electron chi connectivity index (χ4n) is 1.12. The monoisotopic (exact) mass is 320 g/mol. The molecule has 0 aliphatic carbocycles. The highest BCUT2D eigenvalue weighted by Gasteiger charge is 2.40. The number of aliphatic carboxylic acids is 3. The molecule has 0 aromatic heterocycles. The number of aliphatic hydroxyl groups is 1. The van der Waals surface area contributed by atoms with E-state index in [1.807, 2.05) is 0 Å².